The second-order valence-corrected chi connectivity index (χ2v) is 3.61. The number of non-ortho nitro benzene ring substituents is 1. The van der Waals surface area contributed by atoms with Gasteiger partial charge in [0.1, 0.15) is 5.75 Å². The molecule has 6 heteroatoms. The number of amides is 1. The molecule has 92 valence electrons. The molecule has 1 rings (SSSR count). The molecule has 0 heterocycles. The van der Waals surface area contributed by atoms with Crippen molar-refractivity contribution in [3.63, 3.8) is 0 Å². The Bertz CT molecular complexity index is 431. The van der Waals surface area contributed by atoms with Gasteiger partial charge in [0.05, 0.1) is 16.7 Å². The number of anilines is 1. The molecular formula is C11H14N2O4. The molecule has 0 fully saturated rings. The quantitative estimate of drug-likeness (QED) is 0.468. The number of nitro groups is 1. The second kappa shape index (κ2) is 5.83. The first-order valence-electron chi connectivity index (χ1n) is 5.32. The maximum Gasteiger partial charge on any atom is 0.273 e. The lowest BCUT2D eigenvalue weighted by atomic mass is 10.2. The van der Waals surface area contributed by atoms with Crippen LogP contribution >= 0.6 is 0 Å². The predicted molar refractivity (Wildman–Crippen MR) is 62.9 cm³/mol. The van der Waals surface area contributed by atoms with Gasteiger partial charge in [0.25, 0.3) is 5.69 Å². The molecule has 0 aromatic heterocycles. The SMILES string of the molecule is CCCCC(=O)Nc1ccc([N+](=O)[O-])cc1O. The van der Waals surface area contributed by atoms with Crippen LogP contribution in [0.25, 0.3) is 0 Å². The van der Waals surface area contributed by atoms with Crippen molar-refractivity contribution < 1.29 is 14.8 Å². The van der Waals surface area contributed by atoms with Gasteiger partial charge >= 0.3 is 0 Å². The van der Waals surface area contributed by atoms with E-state index in [2.05, 4.69) is 5.32 Å². The van der Waals surface area contributed by atoms with Crippen molar-refractivity contribution in [2.24, 2.45) is 0 Å². The van der Waals surface area contributed by atoms with Crippen molar-refractivity contribution in [1.82, 2.24) is 0 Å². The van der Waals surface area contributed by atoms with E-state index in [4.69, 9.17) is 0 Å². The molecule has 17 heavy (non-hydrogen) atoms. The fourth-order valence-electron chi connectivity index (χ4n) is 1.29. The lowest BCUT2D eigenvalue weighted by Crippen LogP contribution is -2.11. The number of hydrogen-bond acceptors (Lipinski definition) is 4. The normalized spacial score (nSPS) is 9.94. The van der Waals surface area contributed by atoms with E-state index in [0.717, 1.165) is 18.9 Å². The number of phenols is 1. The Morgan fingerprint density at radius 2 is 2.24 bits per heavy atom. The number of unbranched alkanes of at least 4 members (excludes halogenated alkanes) is 1. The molecule has 0 saturated heterocycles. The number of carbonyl (C=O) groups excluding carboxylic acids is 1. The van der Waals surface area contributed by atoms with E-state index in [9.17, 15) is 20.0 Å². The third kappa shape index (κ3) is 3.75. The number of benzene rings is 1. The maximum atomic E-state index is 11.4. The number of phenolic OH excluding ortho intramolecular Hbond substituents is 1. The molecule has 0 saturated carbocycles. The fourth-order valence-corrected chi connectivity index (χ4v) is 1.29. The smallest absolute Gasteiger partial charge is 0.273 e. The summed E-state index contributed by atoms with van der Waals surface area (Å²) in [5, 5.41) is 22.4. The van der Waals surface area contributed by atoms with Crippen LogP contribution in [-0.4, -0.2) is 15.9 Å². The van der Waals surface area contributed by atoms with Crippen LogP contribution in [0.5, 0.6) is 5.75 Å². The zero-order valence-corrected chi connectivity index (χ0v) is 9.47. The van der Waals surface area contributed by atoms with Crippen LogP contribution in [-0.2, 0) is 4.79 Å². The largest absolute Gasteiger partial charge is 0.506 e. The summed E-state index contributed by atoms with van der Waals surface area (Å²) >= 11 is 0. The van der Waals surface area contributed by atoms with Crippen LogP contribution in [0.2, 0.25) is 0 Å². The average Bonchev–Trinajstić information content (AvgIpc) is 2.28. The molecule has 0 radical (unpaired) electrons. The minimum absolute atomic E-state index is 0.191. The predicted octanol–water partition coefficient (Wildman–Crippen LogP) is 2.43. The second-order valence-electron chi connectivity index (χ2n) is 3.61. The van der Waals surface area contributed by atoms with Crippen LogP contribution in [0, 0.1) is 10.1 Å². The van der Waals surface area contributed by atoms with Crippen molar-refractivity contribution in [2.75, 3.05) is 5.32 Å². The molecular weight excluding hydrogens is 224 g/mol. The van der Waals surface area contributed by atoms with Gasteiger partial charge in [0.2, 0.25) is 5.91 Å². The summed E-state index contributed by atoms with van der Waals surface area (Å²) in [5.41, 5.74) is -0.0224. The maximum absolute atomic E-state index is 11.4. The third-order valence-corrected chi connectivity index (χ3v) is 2.22. The number of aromatic hydroxyl groups is 1. The highest BCUT2D eigenvalue weighted by atomic mass is 16.6. The van der Waals surface area contributed by atoms with Gasteiger partial charge in [0, 0.05) is 12.5 Å². The van der Waals surface area contributed by atoms with Crippen molar-refractivity contribution in [3.05, 3.63) is 28.3 Å². The first kappa shape index (κ1) is 13.0. The van der Waals surface area contributed by atoms with E-state index in [1.54, 1.807) is 0 Å². The van der Waals surface area contributed by atoms with Gasteiger partial charge < -0.3 is 10.4 Å². The van der Waals surface area contributed by atoms with E-state index in [1.165, 1.54) is 12.1 Å². The zero-order valence-electron chi connectivity index (χ0n) is 9.47. The number of nitrogens with one attached hydrogen (secondary N) is 1. The summed E-state index contributed by atoms with van der Waals surface area (Å²) < 4.78 is 0. The molecule has 0 unspecified atom stereocenters. The lowest BCUT2D eigenvalue weighted by molar-refractivity contribution is -0.384. The van der Waals surface area contributed by atoms with Crippen molar-refractivity contribution in [3.8, 4) is 5.75 Å². The zero-order chi connectivity index (χ0) is 12.8. The van der Waals surface area contributed by atoms with Crippen LogP contribution in [0.15, 0.2) is 18.2 Å². The van der Waals surface area contributed by atoms with E-state index < -0.39 is 4.92 Å². The minimum atomic E-state index is -0.609. The number of carbonyl (C=O) groups is 1. The Labute approximate surface area is 98.4 Å². The van der Waals surface area contributed by atoms with E-state index in [1.807, 2.05) is 6.92 Å². The molecule has 1 aromatic rings. The standard InChI is InChI=1S/C11H14N2O4/c1-2-3-4-11(15)12-9-6-5-8(13(16)17)7-10(9)14/h5-7,14H,2-4H2,1H3,(H,12,15). The highest BCUT2D eigenvalue weighted by molar-refractivity contribution is 5.92. The van der Waals surface area contributed by atoms with Crippen LogP contribution < -0.4 is 5.32 Å². The molecule has 0 aliphatic carbocycles. The molecule has 0 aliphatic rings. The Morgan fingerprint density at radius 1 is 1.53 bits per heavy atom. The number of nitrogens with zero attached hydrogens (tertiary/aromatic N) is 1. The number of nitro benzene ring substituents is 1. The topological polar surface area (TPSA) is 92.5 Å². The number of hydrogen-bond donors (Lipinski definition) is 2. The van der Waals surface area contributed by atoms with Gasteiger partial charge in [-0.1, -0.05) is 13.3 Å². The highest BCUT2D eigenvalue weighted by Gasteiger charge is 2.11. The lowest BCUT2D eigenvalue weighted by Gasteiger charge is -2.06. The van der Waals surface area contributed by atoms with Gasteiger partial charge in [-0.3, -0.25) is 14.9 Å². The first-order chi connectivity index (χ1) is 8.04. The van der Waals surface area contributed by atoms with Gasteiger partial charge in [-0.15, -0.1) is 0 Å². The summed E-state index contributed by atoms with van der Waals surface area (Å²) in [6, 6.07) is 3.56. The Kier molecular flexibility index (Phi) is 4.45. The average molecular weight is 238 g/mol. The summed E-state index contributed by atoms with van der Waals surface area (Å²) in [4.78, 5) is 21.2. The summed E-state index contributed by atoms with van der Waals surface area (Å²) in [6.07, 6.45) is 2.03. The van der Waals surface area contributed by atoms with Gasteiger partial charge in [0.15, 0.2) is 0 Å². The van der Waals surface area contributed by atoms with Gasteiger partial charge in [-0.2, -0.15) is 0 Å². The summed E-state index contributed by atoms with van der Waals surface area (Å²) in [7, 11) is 0. The van der Waals surface area contributed by atoms with Crippen molar-refractivity contribution in [1.29, 1.82) is 0 Å². The molecule has 0 aliphatic heterocycles. The molecule has 1 amide bonds. The summed E-state index contributed by atoms with van der Waals surface area (Å²) in [5.74, 6) is -0.514. The van der Waals surface area contributed by atoms with Gasteiger partial charge in [-0.05, 0) is 12.5 Å². The molecule has 2 N–H and O–H groups in total. The molecule has 1 aromatic carbocycles. The summed E-state index contributed by atoms with van der Waals surface area (Å²) in [6.45, 7) is 1.97. The van der Waals surface area contributed by atoms with Crippen LogP contribution in [0.1, 0.15) is 26.2 Å². The molecule has 0 bridgehead atoms. The van der Waals surface area contributed by atoms with E-state index >= 15 is 0 Å². The van der Waals surface area contributed by atoms with Crippen LogP contribution in [0.3, 0.4) is 0 Å². The van der Waals surface area contributed by atoms with Gasteiger partial charge in [-0.25, -0.2) is 0 Å². The van der Waals surface area contributed by atoms with E-state index in [0.29, 0.717) is 6.42 Å². The molecule has 0 spiro atoms. The first-order valence-corrected chi connectivity index (χ1v) is 5.32. The Hall–Kier alpha value is -2.11. The van der Waals surface area contributed by atoms with Crippen LogP contribution in [0.4, 0.5) is 11.4 Å². The Morgan fingerprint density at radius 3 is 2.76 bits per heavy atom. The monoisotopic (exact) mass is 238 g/mol. The highest BCUT2D eigenvalue weighted by Crippen LogP contribution is 2.27. The molecule has 0 atom stereocenters. The van der Waals surface area contributed by atoms with E-state index in [-0.39, 0.29) is 23.0 Å². The minimum Gasteiger partial charge on any atom is -0.506 e. The fraction of sp³-hybridized carbons (Fsp3) is 0.364. The molecule has 6 nitrogen and oxygen atoms in total. The van der Waals surface area contributed by atoms with Crippen molar-refractivity contribution in [2.45, 2.75) is 26.2 Å². The van der Waals surface area contributed by atoms with Crippen molar-refractivity contribution >= 4 is 17.3 Å². The third-order valence-electron chi connectivity index (χ3n) is 2.22. The number of rotatable bonds is 5. The Balaban J connectivity index is 2.72.